The first kappa shape index (κ1) is 25.0. The van der Waals surface area contributed by atoms with Crippen LogP contribution in [0.4, 0.5) is 4.79 Å². The van der Waals surface area contributed by atoms with Gasteiger partial charge in [-0.2, -0.15) is 0 Å². The van der Waals surface area contributed by atoms with Crippen LogP contribution in [0.2, 0.25) is 0 Å². The van der Waals surface area contributed by atoms with E-state index in [1.807, 2.05) is 39.0 Å². The Hall–Kier alpha value is -3.63. The lowest BCUT2D eigenvalue weighted by Gasteiger charge is -2.24. The van der Waals surface area contributed by atoms with Crippen LogP contribution in [0.25, 0.3) is 16.7 Å². The van der Waals surface area contributed by atoms with Gasteiger partial charge in [-0.15, -0.1) is 10.2 Å². The maximum absolute atomic E-state index is 12.8. The standard InChI is InChI=1S/C23H33N7O4/c1-7-29-20(31)15-10-8-9-11-17(15)30-18(26-27-21(29)30)13-33-28-19(24)16(12-14(2)3)25-22(32)34-23(4,5)6/h8-11,14,16H,7,12-13H2,1-6H3,(H2,24,28)(H,25,32). The van der Waals surface area contributed by atoms with Crippen molar-refractivity contribution in [1.29, 1.82) is 0 Å². The fraction of sp³-hybridized carbons (Fsp3) is 0.522. The molecule has 1 amide bonds. The normalized spacial score (nSPS) is 13.4. The molecule has 1 aromatic carbocycles. The zero-order chi connectivity index (χ0) is 25.0. The van der Waals surface area contributed by atoms with E-state index in [2.05, 4.69) is 20.7 Å². The number of hydrogen-bond donors (Lipinski definition) is 2. The Morgan fingerprint density at radius 1 is 1.24 bits per heavy atom. The molecule has 3 rings (SSSR count). The third-order valence-corrected chi connectivity index (χ3v) is 5.01. The van der Waals surface area contributed by atoms with Crippen LogP contribution >= 0.6 is 0 Å². The van der Waals surface area contributed by atoms with Gasteiger partial charge in [0.15, 0.2) is 18.3 Å². The van der Waals surface area contributed by atoms with Crippen molar-refractivity contribution in [2.75, 3.05) is 0 Å². The zero-order valence-corrected chi connectivity index (χ0v) is 20.5. The number of amidine groups is 1. The molecule has 3 aromatic rings. The molecule has 1 unspecified atom stereocenters. The summed E-state index contributed by atoms with van der Waals surface area (Å²) in [6, 6.07) is 6.70. The minimum Gasteiger partial charge on any atom is -0.444 e. The number of oxime groups is 1. The van der Waals surface area contributed by atoms with Crippen molar-refractivity contribution in [3.05, 3.63) is 40.4 Å². The van der Waals surface area contributed by atoms with Crippen molar-refractivity contribution in [2.24, 2.45) is 16.8 Å². The third-order valence-electron chi connectivity index (χ3n) is 5.01. The number of rotatable bonds is 8. The molecule has 184 valence electrons. The summed E-state index contributed by atoms with van der Waals surface area (Å²) in [6.45, 7) is 11.7. The Balaban J connectivity index is 1.84. The van der Waals surface area contributed by atoms with Crippen molar-refractivity contribution in [2.45, 2.75) is 72.8 Å². The molecular weight excluding hydrogens is 438 g/mol. The lowest BCUT2D eigenvalue weighted by Crippen LogP contribution is -2.47. The van der Waals surface area contributed by atoms with E-state index in [4.69, 9.17) is 15.3 Å². The SMILES string of the molecule is CCn1c(=O)c2ccccc2n2c(CO/N=C(/N)C(CC(C)C)NC(=O)OC(C)(C)C)nnc12. The van der Waals surface area contributed by atoms with Crippen LogP contribution < -0.4 is 16.6 Å². The molecule has 0 fully saturated rings. The van der Waals surface area contributed by atoms with Gasteiger partial charge < -0.3 is 20.6 Å². The van der Waals surface area contributed by atoms with E-state index in [-0.39, 0.29) is 23.9 Å². The maximum atomic E-state index is 12.8. The molecule has 3 N–H and O–H groups in total. The summed E-state index contributed by atoms with van der Waals surface area (Å²) in [5, 5.41) is 15.7. The van der Waals surface area contributed by atoms with Gasteiger partial charge in [0, 0.05) is 6.54 Å². The number of aryl methyl sites for hydroxylation is 1. The zero-order valence-electron chi connectivity index (χ0n) is 20.5. The van der Waals surface area contributed by atoms with Crippen molar-refractivity contribution in [3.8, 4) is 0 Å². The lowest BCUT2D eigenvalue weighted by molar-refractivity contribution is 0.0511. The first-order chi connectivity index (χ1) is 16.0. The number of aromatic nitrogens is 4. The number of hydrogen-bond acceptors (Lipinski definition) is 7. The topological polar surface area (TPSA) is 138 Å². The summed E-state index contributed by atoms with van der Waals surface area (Å²) in [5.74, 6) is 1.24. The number of para-hydroxylation sites is 1. The largest absolute Gasteiger partial charge is 0.444 e. The summed E-state index contributed by atoms with van der Waals surface area (Å²) in [5.41, 5.74) is 6.07. The van der Waals surface area contributed by atoms with Gasteiger partial charge in [0.25, 0.3) is 5.56 Å². The second-order valence-corrected chi connectivity index (χ2v) is 9.44. The highest BCUT2D eigenvalue weighted by Crippen LogP contribution is 2.15. The lowest BCUT2D eigenvalue weighted by atomic mass is 10.0. The average Bonchev–Trinajstić information content (AvgIpc) is 3.16. The number of ether oxygens (including phenoxy) is 1. The van der Waals surface area contributed by atoms with Crippen LogP contribution in [0.15, 0.2) is 34.2 Å². The van der Waals surface area contributed by atoms with E-state index in [1.165, 1.54) is 0 Å². The van der Waals surface area contributed by atoms with E-state index in [0.717, 1.165) is 0 Å². The molecule has 1 atom stereocenters. The average molecular weight is 472 g/mol. The molecule has 0 aliphatic heterocycles. The number of carbonyl (C=O) groups excluding carboxylic acids is 1. The predicted molar refractivity (Wildman–Crippen MR) is 129 cm³/mol. The molecule has 0 spiro atoms. The first-order valence-electron chi connectivity index (χ1n) is 11.3. The summed E-state index contributed by atoms with van der Waals surface area (Å²) >= 11 is 0. The minimum atomic E-state index is -0.633. The Bertz CT molecular complexity index is 1250. The molecule has 0 bridgehead atoms. The highest BCUT2D eigenvalue weighted by Gasteiger charge is 2.23. The fourth-order valence-corrected chi connectivity index (χ4v) is 3.60. The van der Waals surface area contributed by atoms with Gasteiger partial charge in [-0.25, -0.2) is 4.79 Å². The minimum absolute atomic E-state index is 0.0331. The Morgan fingerprint density at radius 3 is 2.59 bits per heavy atom. The van der Waals surface area contributed by atoms with E-state index >= 15 is 0 Å². The predicted octanol–water partition coefficient (Wildman–Crippen LogP) is 2.79. The summed E-state index contributed by atoms with van der Waals surface area (Å²) < 4.78 is 8.66. The molecule has 34 heavy (non-hydrogen) atoms. The third kappa shape index (κ3) is 5.64. The summed E-state index contributed by atoms with van der Waals surface area (Å²) in [7, 11) is 0. The monoisotopic (exact) mass is 471 g/mol. The van der Waals surface area contributed by atoms with E-state index in [1.54, 1.807) is 35.8 Å². The van der Waals surface area contributed by atoms with Gasteiger partial charge in [-0.3, -0.25) is 13.8 Å². The van der Waals surface area contributed by atoms with Gasteiger partial charge in [-0.1, -0.05) is 31.1 Å². The van der Waals surface area contributed by atoms with Crippen molar-refractivity contribution in [1.82, 2.24) is 24.5 Å². The van der Waals surface area contributed by atoms with Crippen molar-refractivity contribution < 1.29 is 14.4 Å². The number of nitrogens with two attached hydrogens (primary N) is 1. The van der Waals surface area contributed by atoms with E-state index in [0.29, 0.717) is 35.5 Å². The van der Waals surface area contributed by atoms with Crippen LogP contribution in [0.5, 0.6) is 0 Å². The Morgan fingerprint density at radius 2 is 1.94 bits per heavy atom. The maximum Gasteiger partial charge on any atom is 0.408 e. The molecule has 0 saturated carbocycles. The molecule has 0 aliphatic rings. The van der Waals surface area contributed by atoms with Gasteiger partial charge in [0.2, 0.25) is 5.78 Å². The number of carbonyl (C=O) groups is 1. The van der Waals surface area contributed by atoms with Crippen LogP contribution in [-0.4, -0.2) is 42.7 Å². The smallest absolute Gasteiger partial charge is 0.408 e. The number of nitrogens with zero attached hydrogens (tertiary/aromatic N) is 5. The van der Waals surface area contributed by atoms with E-state index in [9.17, 15) is 9.59 Å². The van der Waals surface area contributed by atoms with Crippen molar-refractivity contribution >= 4 is 28.6 Å². The summed E-state index contributed by atoms with van der Waals surface area (Å²) in [4.78, 5) is 30.5. The molecule has 2 aromatic heterocycles. The van der Waals surface area contributed by atoms with Crippen LogP contribution in [0, 0.1) is 5.92 Å². The Labute approximate surface area is 197 Å². The quantitative estimate of drug-likeness (QED) is 0.293. The Kier molecular flexibility index (Phi) is 7.43. The first-order valence-corrected chi connectivity index (χ1v) is 11.3. The van der Waals surface area contributed by atoms with Gasteiger partial charge in [0.05, 0.1) is 16.9 Å². The number of alkyl carbamates (subject to hydrolysis) is 1. The number of benzene rings is 1. The number of amides is 1. The van der Waals surface area contributed by atoms with Crippen LogP contribution in [-0.2, 0) is 22.7 Å². The van der Waals surface area contributed by atoms with Crippen molar-refractivity contribution in [3.63, 3.8) is 0 Å². The highest BCUT2D eigenvalue weighted by atomic mass is 16.6. The van der Waals surface area contributed by atoms with E-state index < -0.39 is 17.7 Å². The highest BCUT2D eigenvalue weighted by molar-refractivity contribution is 5.88. The second kappa shape index (κ2) is 10.1. The van der Waals surface area contributed by atoms with Crippen LogP contribution in [0.1, 0.15) is 53.8 Å². The number of nitrogens with one attached hydrogen (secondary N) is 1. The molecular formula is C23H33N7O4. The number of fused-ring (bicyclic) bond motifs is 3. The van der Waals surface area contributed by atoms with Gasteiger partial charge in [-0.05, 0) is 52.2 Å². The van der Waals surface area contributed by atoms with Gasteiger partial charge >= 0.3 is 6.09 Å². The molecule has 0 radical (unpaired) electrons. The van der Waals surface area contributed by atoms with Crippen LogP contribution in [0.3, 0.4) is 0 Å². The molecule has 0 aliphatic carbocycles. The fourth-order valence-electron chi connectivity index (χ4n) is 3.60. The second-order valence-electron chi connectivity index (χ2n) is 9.44. The molecule has 2 heterocycles. The molecule has 11 heteroatoms. The molecule has 11 nitrogen and oxygen atoms in total. The van der Waals surface area contributed by atoms with Gasteiger partial charge in [0.1, 0.15) is 5.60 Å². The molecule has 0 saturated heterocycles. The summed E-state index contributed by atoms with van der Waals surface area (Å²) in [6.07, 6.45) is -0.0251.